The zero-order valence-corrected chi connectivity index (χ0v) is 16.1. The van der Waals surface area contributed by atoms with Crippen molar-refractivity contribution < 1.29 is 19.0 Å². The first kappa shape index (κ1) is 20.6. The van der Waals surface area contributed by atoms with E-state index in [4.69, 9.17) is 37.4 Å². The number of hydrogen-bond donors (Lipinski definition) is 1. The minimum Gasteiger partial charge on any atom is -0.493 e. The Morgan fingerprint density at radius 2 is 1.93 bits per heavy atom. The van der Waals surface area contributed by atoms with Gasteiger partial charge in [-0.15, -0.1) is 0 Å². The number of methoxy groups -OCH3 is 1. The van der Waals surface area contributed by atoms with Crippen LogP contribution in [0.1, 0.15) is 5.56 Å². The highest BCUT2D eigenvalue weighted by Gasteiger charge is 2.07. The van der Waals surface area contributed by atoms with Gasteiger partial charge in [0.25, 0.3) is 5.91 Å². The third-order valence-corrected chi connectivity index (χ3v) is 3.73. The second kappa shape index (κ2) is 10.4. The maximum Gasteiger partial charge on any atom is 0.277 e. The molecule has 0 unspecified atom stereocenters. The first-order valence-electron chi connectivity index (χ1n) is 7.85. The highest BCUT2D eigenvalue weighted by molar-refractivity contribution is 6.35. The quantitative estimate of drug-likeness (QED) is 0.385. The molecule has 0 aliphatic carbocycles. The summed E-state index contributed by atoms with van der Waals surface area (Å²) in [7, 11) is 1.54. The average Bonchev–Trinajstić information content (AvgIpc) is 2.66. The van der Waals surface area contributed by atoms with Crippen LogP contribution in [-0.2, 0) is 4.79 Å². The van der Waals surface area contributed by atoms with Crippen molar-refractivity contribution in [2.45, 2.75) is 0 Å². The van der Waals surface area contributed by atoms with Gasteiger partial charge in [0.15, 0.2) is 18.1 Å². The molecule has 0 saturated carbocycles. The van der Waals surface area contributed by atoms with Crippen molar-refractivity contribution >= 4 is 35.3 Å². The van der Waals surface area contributed by atoms with Crippen molar-refractivity contribution in [2.24, 2.45) is 5.10 Å². The van der Waals surface area contributed by atoms with Gasteiger partial charge < -0.3 is 14.2 Å². The lowest BCUT2D eigenvalue weighted by Crippen LogP contribution is -2.24. The van der Waals surface area contributed by atoms with Crippen LogP contribution >= 0.6 is 23.2 Å². The molecule has 0 heterocycles. The number of amides is 1. The standard InChI is InChI=1S/C19H18Cl2N2O4/c1-3-8-26-17-6-4-13(9-18(17)25-2)11-22-23-19(24)12-27-16-7-5-14(20)10-15(16)21/h3-7,9-11H,1,8,12H2,2H3,(H,23,24). The zero-order valence-electron chi connectivity index (χ0n) is 14.6. The Labute approximate surface area is 167 Å². The van der Waals surface area contributed by atoms with E-state index in [-0.39, 0.29) is 6.61 Å². The number of rotatable bonds is 9. The molecule has 27 heavy (non-hydrogen) atoms. The van der Waals surface area contributed by atoms with E-state index in [0.717, 1.165) is 5.56 Å². The van der Waals surface area contributed by atoms with E-state index < -0.39 is 5.91 Å². The van der Waals surface area contributed by atoms with Gasteiger partial charge in [0, 0.05) is 5.02 Å². The number of nitrogens with zero attached hydrogens (tertiary/aromatic N) is 1. The summed E-state index contributed by atoms with van der Waals surface area (Å²) in [4.78, 5) is 11.8. The SMILES string of the molecule is C=CCOc1ccc(C=NNC(=O)COc2ccc(Cl)cc2Cl)cc1OC. The Balaban J connectivity index is 1.88. The molecule has 0 aliphatic heterocycles. The molecule has 142 valence electrons. The molecule has 2 aromatic carbocycles. The number of hydrazone groups is 1. The summed E-state index contributed by atoms with van der Waals surface area (Å²) in [5.41, 5.74) is 3.09. The molecule has 6 nitrogen and oxygen atoms in total. The normalized spacial score (nSPS) is 10.5. The number of carbonyl (C=O) groups is 1. The molecule has 0 bridgehead atoms. The summed E-state index contributed by atoms with van der Waals surface area (Å²) < 4.78 is 16.1. The summed E-state index contributed by atoms with van der Waals surface area (Å²) in [5.74, 6) is 1.06. The monoisotopic (exact) mass is 408 g/mol. The van der Waals surface area contributed by atoms with Crippen molar-refractivity contribution in [3.8, 4) is 17.2 Å². The van der Waals surface area contributed by atoms with Crippen molar-refractivity contribution in [3.05, 3.63) is 64.7 Å². The van der Waals surface area contributed by atoms with Crippen molar-refractivity contribution in [2.75, 3.05) is 20.3 Å². The van der Waals surface area contributed by atoms with Gasteiger partial charge in [-0.3, -0.25) is 4.79 Å². The van der Waals surface area contributed by atoms with E-state index in [0.29, 0.717) is 33.9 Å². The Morgan fingerprint density at radius 1 is 1.15 bits per heavy atom. The molecular formula is C19H18Cl2N2O4. The van der Waals surface area contributed by atoms with Gasteiger partial charge in [-0.25, -0.2) is 5.43 Å². The van der Waals surface area contributed by atoms with Gasteiger partial charge >= 0.3 is 0 Å². The number of halogens is 2. The van der Waals surface area contributed by atoms with E-state index in [1.54, 1.807) is 36.4 Å². The van der Waals surface area contributed by atoms with Gasteiger partial charge in [-0.1, -0.05) is 35.9 Å². The molecule has 2 rings (SSSR count). The van der Waals surface area contributed by atoms with Gasteiger partial charge in [-0.05, 0) is 42.0 Å². The fourth-order valence-corrected chi connectivity index (χ4v) is 2.44. The van der Waals surface area contributed by atoms with Gasteiger partial charge in [-0.2, -0.15) is 5.10 Å². The molecule has 0 spiro atoms. The molecule has 0 aromatic heterocycles. The number of ether oxygens (including phenoxy) is 3. The molecular weight excluding hydrogens is 391 g/mol. The van der Waals surface area contributed by atoms with E-state index in [2.05, 4.69) is 17.1 Å². The van der Waals surface area contributed by atoms with E-state index in [1.165, 1.54) is 19.4 Å². The Bertz CT molecular complexity index is 840. The number of nitrogens with one attached hydrogen (secondary N) is 1. The molecule has 0 fully saturated rings. The fourth-order valence-electron chi connectivity index (χ4n) is 1.98. The summed E-state index contributed by atoms with van der Waals surface area (Å²) in [6.07, 6.45) is 3.12. The van der Waals surface area contributed by atoms with Crippen LogP contribution in [0, 0.1) is 0 Å². The molecule has 8 heteroatoms. The number of carbonyl (C=O) groups excluding carboxylic acids is 1. The fraction of sp³-hybridized carbons (Fsp3) is 0.158. The maximum absolute atomic E-state index is 11.8. The van der Waals surface area contributed by atoms with Crippen LogP contribution in [0.4, 0.5) is 0 Å². The first-order chi connectivity index (χ1) is 13.0. The van der Waals surface area contributed by atoms with E-state index in [9.17, 15) is 4.79 Å². The lowest BCUT2D eigenvalue weighted by molar-refractivity contribution is -0.123. The number of hydrogen-bond acceptors (Lipinski definition) is 5. The predicted molar refractivity (Wildman–Crippen MR) is 106 cm³/mol. The highest BCUT2D eigenvalue weighted by atomic mass is 35.5. The zero-order chi connectivity index (χ0) is 19.6. The van der Waals surface area contributed by atoms with E-state index in [1.807, 2.05) is 0 Å². The second-order valence-corrected chi connectivity index (χ2v) is 6.01. The summed E-state index contributed by atoms with van der Waals surface area (Å²) in [5, 5.41) is 4.69. The van der Waals surface area contributed by atoms with Crippen LogP contribution in [0.5, 0.6) is 17.2 Å². The molecule has 0 radical (unpaired) electrons. The minimum atomic E-state index is -0.435. The van der Waals surface area contributed by atoms with Gasteiger partial charge in [0.2, 0.25) is 0 Å². The van der Waals surface area contributed by atoms with Gasteiger partial charge in [0.05, 0.1) is 18.3 Å². The van der Waals surface area contributed by atoms with Crippen molar-refractivity contribution in [1.29, 1.82) is 0 Å². The largest absolute Gasteiger partial charge is 0.493 e. The molecule has 1 amide bonds. The highest BCUT2D eigenvalue weighted by Crippen LogP contribution is 2.28. The van der Waals surface area contributed by atoms with Crippen LogP contribution in [0.15, 0.2) is 54.2 Å². The minimum absolute atomic E-state index is 0.240. The predicted octanol–water partition coefficient (Wildman–Crippen LogP) is 4.10. The third kappa shape index (κ3) is 6.51. The van der Waals surface area contributed by atoms with Crippen molar-refractivity contribution in [1.82, 2.24) is 5.43 Å². The first-order valence-corrected chi connectivity index (χ1v) is 8.60. The van der Waals surface area contributed by atoms with Crippen LogP contribution in [0.25, 0.3) is 0 Å². The van der Waals surface area contributed by atoms with Crippen LogP contribution in [0.2, 0.25) is 10.0 Å². The molecule has 0 saturated heterocycles. The third-order valence-electron chi connectivity index (χ3n) is 3.20. The Morgan fingerprint density at radius 3 is 2.63 bits per heavy atom. The molecule has 0 aliphatic rings. The molecule has 0 atom stereocenters. The smallest absolute Gasteiger partial charge is 0.277 e. The van der Waals surface area contributed by atoms with E-state index >= 15 is 0 Å². The topological polar surface area (TPSA) is 69.2 Å². The summed E-state index contributed by atoms with van der Waals surface area (Å²) in [6.45, 7) is 3.73. The molecule has 2 aromatic rings. The van der Waals surface area contributed by atoms with Crippen LogP contribution in [0.3, 0.4) is 0 Å². The lowest BCUT2D eigenvalue weighted by Gasteiger charge is -2.09. The molecule has 1 N–H and O–H groups in total. The second-order valence-electron chi connectivity index (χ2n) is 5.17. The van der Waals surface area contributed by atoms with Gasteiger partial charge in [0.1, 0.15) is 12.4 Å². The van der Waals surface area contributed by atoms with Crippen molar-refractivity contribution in [3.63, 3.8) is 0 Å². The Hall–Kier alpha value is -2.70. The lowest BCUT2D eigenvalue weighted by atomic mass is 10.2. The average molecular weight is 409 g/mol. The summed E-state index contributed by atoms with van der Waals surface area (Å²) in [6, 6.07) is 10.00. The van der Waals surface area contributed by atoms with Crippen LogP contribution < -0.4 is 19.6 Å². The van der Waals surface area contributed by atoms with Crippen LogP contribution in [-0.4, -0.2) is 32.4 Å². The number of benzene rings is 2. The Kier molecular flexibility index (Phi) is 7.98. The summed E-state index contributed by atoms with van der Waals surface area (Å²) >= 11 is 11.8. The maximum atomic E-state index is 11.8.